The van der Waals surface area contributed by atoms with Gasteiger partial charge in [0, 0.05) is 23.1 Å². The Kier molecular flexibility index (Phi) is 5.30. The number of nitrogens with two attached hydrogens (primary N) is 1. The van der Waals surface area contributed by atoms with Gasteiger partial charge in [0.2, 0.25) is 0 Å². The van der Waals surface area contributed by atoms with E-state index in [1.165, 1.54) is 18.2 Å². The molecule has 0 saturated carbocycles. The monoisotopic (exact) mass is 334 g/mol. The Morgan fingerprint density at radius 1 is 1.43 bits per heavy atom. The summed E-state index contributed by atoms with van der Waals surface area (Å²) in [5.41, 5.74) is 5.53. The second-order valence-corrected chi connectivity index (χ2v) is 6.21. The van der Waals surface area contributed by atoms with Crippen LogP contribution in [0.4, 0.5) is 11.4 Å². The summed E-state index contributed by atoms with van der Waals surface area (Å²) < 4.78 is 0. The number of amides is 1. The molecule has 122 valence electrons. The number of benzene rings is 1. The third kappa shape index (κ3) is 4.05. The molecule has 23 heavy (non-hydrogen) atoms. The SMILES string of the molecule is CN(C)[C@@H](CNC(=O)c1ccc(N)c([N+](=O)[O-])c1)c1cccs1. The largest absolute Gasteiger partial charge is 0.393 e. The maximum Gasteiger partial charge on any atom is 0.292 e. The smallest absolute Gasteiger partial charge is 0.292 e. The summed E-state index contributed by atoms with van der Waals surface area (Å²) in [4.78, 5) is 25.7. The first-order chi connectivity index (χ1) is 10.9. The van der Waals surface area contributed by atoms with Crippen molar-refractivity contribution in [1.82, 2.24) is 10.2 Å². The molecular formula is C15H18N4O3S. The van der Waals surface area contributed by atoms with E-state index in [1.807, 2.05) is 36.5 Å². The van der Waals surface area contributed by atoms with Crippen LogP contribution in [0.1, 0.15) is 21.3 Å². The summed E-state index contributed by atoms with van der Waals surface area (Å²) in [6.07, 6.45) is 0. The van der Waals surface area contributed by atoms with E-state index >= 15 is 0 Å². The minimum atomic E-state index is -0.597. The molecule has 0 fully saturated rings. The van der Waals surface area contributed by atoms with Crippen LogP contribution >= 0.6 is 11.3 Å². The molecule has 8 heteroatoms. The van der Waals surface area contributed by atoms with Gasteiger partial charge in [0.25, 0.3) is 11.6 Å². The zero-order valence-corrected chi connectivity index (χ0v) is 13.7. The predicted molar refractivity (Wildman–Crippen MR) is 90.6 cm³/mol. The summed E-state index contributed by atoms with van der Waals surface area (Å²) in [7, 11) is 3.87. The normalized spacial score (nSPS) is 12.1. The Morgan fingerprint density at radius 3 is 2.74 bits per heavy atom. The number of hydrogen-bond acceptors (Lipinski definition) is 6. The number of likely N-dealkylation sites (N-methyl/N-ethyl adjacent to an activating group) is 1. The van der Waals surface area contributed by atoms with Crippen molar-refractivity contribution < 1.29 is 9.72 Å². The first-order valence-corrected chi connectivity index (χ1v) is 7.80. The van der Waals surface area contributed by atoms with Crippen molar-refractivity contribution in [2.75, 3.05) is 26.4 Å². The summed E-state index contributed by atoms with van der Waals surface area (Å²) in [6.45, 7) is 0.407. The molecule has 1 atom stereocenters. The zero-order chi connectivity index (χ0) is 17.0. The molecule has 2 aromatic rings. The van der Waals surface area contributed by atoms with E-state index in [0.29, 0.717) is 6.54 Å². The molecule has 1 aromatic heterocycles. The number of nitrogens with zero attached hydrogens (tertiary/aromatic N) is 2. The van der Waals surface area contributed by atoms with E-state index in [1.54, 1.807) is 11.3 Å². The molecule has 0 saturated heterocycles. The minimum Gasteiger partial charge on any atom is -0.393 e. The van der Waals surface area contributed by atoms with Crippen LogP contribution in [-0.2, 0) is 0 Å². The molecule has 0 unspecified atom stereocenters. The molecule has 0 aliphatic carbocycles. The number of nitrogen functional groups attached to an aromatic ring is 1. The van der Waals surface area contributed by atoms with Crippen molar-refractivity contribution in [2.24, 2.45) is 0 Å². The average Bonchev–Trinajstić information content (AvgIpc) is 3.01. The van der Waals surface area contributed by atoms with Gasteiger partial charge in [-0.15, -0.1) is 11.3 Å². The summed E-state index contributed by atoms with van der Waals surface area (Å²) in [5, 5.41) is 15.7. The van der Waals surface area contributed by atoms with Crippen molar-refractivity contribution in [3.8, 4) is 0 Å². The maximum absolute atomic E-state index is 12.2. The van der Waals surface area contributed by atoms with E-state index in [2.05, 4.69) is 5.32 Å². The van der Waals surface area contributed by atoms with E-state index in [-0.39, 0.29) is 28.9 Å². The second-order valence-electron chi connectivity index (χ2n) is 5.24. The quantitative estimate of drug-likeness (QED) is 0.479. The molecule has 0 aliphatic heterocycles. The molecule has 0 radical (unpaired) electrons. The number of anilines is 1. The number of nitrogens with one attached hydrogen (secondary N) is 1. The van der Waals surface area contributed by atoms with E-state index in [9.17, 15) is 14.9 Å². The molecule has 7 nitrogen and oxygen atoms in total. The summed E-state index contributed by atoms with van der Waals surface area (Å²) in [5.74, 6) is -0.364. The highest BCUT2D eigenvalue weighted by atomic mass is 32.1. The molecule has 2 rings (SSSR count). The van der Waals surface area contributed by atoms with Gasteiger partial charge in [0.1, 0.15) is 5.69 Å². The molecule has 3 N–H and O–H groups in total. The van der Waals surface area contributed by atoms with Crippen molar-refractivity contribution in [3.05, 3.63) is 56.3 Å². The number of hydrogen-bond donors (Lipinski definition) is 2. The standard InChI is InChI=1S/C15H18N4O3S/c1-18(2)13(14-4-3-7-23-14)9-17-15(20)10-5-6-11(16)12(8-10)19(21)22/h3-8,13H,9,16H2,1-2H3,(H,17,20)/t13-/m0/s1. The summed E-state index contributed by atoms with van der Waals surface area (Å²) >= 11 is 1.62. The Labute approximate surface area is 137 Å². The van der Waals surface area contributed by atoms with Gasteiger partial charge in [0.05, 0.1) is 11.0 Å². The van der Waals surface area contributed by atoms with Crippen LogP contribution in [0.3, 0.4) is 0 Å². The van der Waals surface area contributed by atoms with Gasteiger partial charge in [-0.3, -0.25) is 14.9 Å². The van der Waals surface area contributed by atoms with Crippen LogP contribution < -0.4 is 11.1 Å². The lowest BCUT2D eigenvalue weighted by atomic mass is 10.1. The van der Waals surface area contributed by atoms with Crippen molar-refractivity contribution in [1.29, 1.82) is 0 Å². The highest BCUT2D eigenvalue weighted by Gasteiger charge is 2.19. The number of carbonyl (C=O) groups excluding carboxylic acids is 1. The van der Waals surface area contributed by atoms with Gasteiger partial charge >= 0.3 is 0 Å². The first kappa shape index (κ1) is 16.9. The third-order valence-corrected chi connectivity index (χ3v) is 4.41. The van der Waals surface area contributed by atoms with Gasteiger partial charge in [-0.2, -0.15) is 0 Å². The number of nitro groups is 1. The number of nitro benzene ring substituents is 1. The van der Waals surface area contributed by atoms with Crippen molar-refractivity contribution in [3.63, 3.8) is 0 Å². The Bertz CT molecular complexity index is 701. The molecule has 1 amide bonds. The Morgan fingerprint density at radius 2 is 2.17 bits per heavy atom. The minimum absolute atomic E-state index is 0.0382. The average molecular weight is 334 g/mol. The van der Waals surface area contributed by atoms with Gasteiger partial charge in [-0.25, -0.2) is 0 Å². The van der Waals surface area contributed by atoms with Crippen LogP contribution in [0.25, 0.3) is 0 Å². The van der Waals surface area contributed by atoms with E-state index < -0.39 is 4.92 Å². The van der Waals surface area contributed by atoms with Crippen LogP contribution in [0.5, 0.6) is 0 Å². The fraction of sp³-hybridized carbons (Fsp3) is 0.267. The van der Waals surface area contributed by atoms with Crippen LogP contribution in [0.2, 0.25) is 0 Å². The lowest BCUT2D eigenvalue weighted by molar-refractivity contribution is -0.383. The van der Waals surface area contributed by atoms with Crippen molar-refractivity contribution >= 4 is 28.6 Å². The van der Waals surface area contributed by atoms with E-state index in [0.717, 1.165) is 4.88 Å². The topological polar surface area (TPSA) is 102 Å². The predicted octanol–water partition coefficient (Wildman–Crippen LogP) is 2.27. The highest BCUT2D eigenvalue weighted by molar-refractivity contribution is 7.10. The maximum atomic E-state index is 12.2. The van der Waals surface area contributed by atoms with Gasteiger partial charge in [-0.1, -0.05) is 6.07 Å². The van der Waals surface area contributed by atoms with Crippen LogP contribution in [0.15, 0.2) is 35.7 Å². The lowest BCUT2D eigenvalue weighted by Gasteiger charge is -2.23. The van der Waals surface area contributed by atoms with Gasteiger partial charge < -0.3 is 16.0 Å². The fourth-order valence-electron chi connectivity index (χ4n) is 2.15. The molecule has 1 heterocycles. The molecule has 1 aromatic carbocycles. The highest BCUT2D eigenvalue weighted by Crippen LogP contribution is 2.24. The lowest BCUT2D eigenvalue weighted by Crippen LogP contribution is -2.34. The van der Waals surface area contributed by atoms with E-state index in [4.69, 9.17) is 5.73 Å². The molecule has 0 spiro atoms. The third-order valence-electron chi connectivity index (χ3n) is 3.44. The molecule has 0 aliphatic rings. The van der Waals surface area contributed by atoms with Crippen molar-refractivity contribution in [2.45, 2.75) is 6.04 Å². The Balaban J connectivity index is 2.10. The van der Waals surface area contributed by atoms with Crippen LogP contribution in [-0.4, -0.2) is 36.4 Å². The Hall–Kier alpha value is -2.45. The van der Waals surface area contributed by atoms with Gasteiger partial charge in [0.15, 0.2) is 0 Å². The fourth-order valence-corrected chi connectivity index (χ4v) is 3.08. The number of rotatable bonds is 6. The summed E-state index contributed by atoms with van der Waals surface area (Å²) in [6, 6.07) is 8.06. The second kappa shape index (κ2) is 7.21. The number of carbonyl (C=O) groups is 1. The van der Waals surface area contributed by atoms with Crippen LogP contribution in [0, 0.1) is 10.1 Å². The first-order valence-electron chi connectivity index (χ1n) is 6.92. The number of thiophene rings is 1. The zero-order valence-electron chi connectivity index (χ0n) is 12.9. The van der Waals surface area contributed by atoms with Gasteiger partial charge in [-0.05, 0) is 37.7 Å². The molecule has 0 bridgehead atoms. The molecular weight excluding hydrogens is 316 g/mol.